The first kappa shape index (κ1) is 14.3. The molecule has 0 spiro atoms. The summed E-state index contributed by atoms with van der Waals surface area (Å²) >= 11 is 0. The molecule has 2 heteroatoms. The number of hydrogen-bond acceptors (Lipinski definition) is 2. The van der Waals surface area contributed by atoms with Crippen molar-refractivity contribution in [1.82, 2.24) is 0 Å². The minimum absolute atomic E-state index is 0.238. The molecule has 18 heavy (non-hydrogen) atoms. The fraction of sp³-hybridized carbons (Fsp3) is 1.00. The Morgan fingerprint density at radius 3 is 2.28 bits per heavy atom. The standard InChI is InChI=1S/C16H30O2/c1-13-8-7-9-14(12-13)15(17)16(18-2)10-5-3-4-6-11-16/h13-15,17H,3-12H2,1-2H3. The first-order chi connectivity index (χ1) is 8.68. The van der Waals surface area contributed by atoms with Crippen LogP contribution in [0.15, 0.2) is 0 Å². The van der Waals surface area contributed by atoms with Gasteiger partial charge in [-0.15, -0.1) is 0 Å². The van der Waals surface area contributed by atoms with Crippen molar-refractivity contribution in [3.8, 4) is 0 Å². The van der Waals surface area contributed by atoms with Crippen molar-refractivity contribution in [2.45, 2.75) is 82.8 Å². The summed E-state index contributed by atoms with van der Waals surface area (Å²) in [4.78, 5) is 0. The second-order valence-electron chi connectivity index (χ2n) is 6.66. The molecule has 2 saturated carbocycles. The molecule has 106 valence electrons. The van der Waals surface area contributed by atoms with Crippen LogP contribution in [-0.2, 0) is 4.74 Å². The molecule has 0 heterocycles. The van der Waals surface area contributed by atoms with Crippen LogP contribution in [0.5, 0.6) is 0 Å². The van der Waals surface area contributed by atoms with Gasteiger partial charge in [0.2, 0.25) is 0 Å². The fourth-order valence-electron chi connectivity index (χ4n) is 4.15. The summed E-state index contributed by atoms with van der Waals surface area (Å²) in [5.74, 6) is 1.24. The predicted molar refractivity (Wildman–Crippen MR) is 74.6 cm³/mol. The molecule has 0 saturated heterocycles. The van der Waals surface area contributed by atoms with Crippen molar-refractivity contribution in [2.75, 3.05) is 7.11 Å². The van der Waals surface area contributed by atoms with E-state index in [2.05, 4.69) is 6.92 Å². The lowest BCUT2D eigenvalue weighted by Gasteiger charge is -2.42. The lowest BCUT2D eigenvalue weighted by molar-refractivity contribution is -0.138. The van der Waals surface area contributed by atoms with Crippen LogP contribution in [0.25, 0.3) is 0 Å². The summed E-state index contributed by atoms with van der Waals surface area (Å²) in [5, 5.41) is 10.9. The monoisotopic (exact) mass is 254 g/mol. The van der Waals surface area contributed by atoms with Crippen LogP contribution >= 0.6 is 0 Å². The molecule has 2 rings (SSSR count). The van der Waals surface area contributed by atoms with Gasteiger partial charge in [0.05, 0.1) is 11.7 Å². The fourth-order valence-corrected chi connectivity index (χ4v) is 4.15. The third kappa shape index (κ3) is 3.08. The van der Waals surface area contributed by atoms with Crippen molar-refractivity contribution in [3.05, 3.63) is 0 Å². The Morgan fingerprint density at radius 2 is 1.72 bits per heavy atom. The highest BCUT2D eigenvalue weighted by molar-refractivity contribution is 4.94. The lowest BCUT2D eigenvalue weighted by Crippen LogP contribution is -2.48. The largest absolute Gasteiger partial charge is 0.390 e. The number of hydrogen-bond donors (Lipinski definition) is 1. The van der Waals surface area contributed by atoms with E-state index >= 15 is 0 Å². The Kier molecular flexibility index (Phi) is 5.08. The Balaban J connectivity index is 2.05. The molecular weight excluding hydrogens is 224 g/mol. The number of rotatable bonds is 3. The molecule has 0 radical (unpaired) electrons. The van der Waals surface area contributed by atoms with Crippen LogP contribution in [-0.4, -0.2) is 23.9 Å². The maximum absolute atomic E-state index is 10.9. The second-order valence-corrected chi connectivity index (χ2v) is 6.66. The van der Waals surface area contributed by atoms with Crippen molar-refractivity contribution in [3.63, 3.8) is 0 Å². The first-order valence-electron chi connectivity index (χ1n) is 7.91. The number of aliphatic hydroxyl groups excluding tert-OH is 1. The quantitative estimate of drug-likeness (QED) is 0.774. The molecule has 0 amide bonds. The number of aliphatic hydroxyl groups is 1. The van der Waals surface area contributed by atoms with E-state index in [-0.39, 0.29) is 11.7 Å². The van der Waals surface area contributed by atoms with Crippen LogP contribution < -0.4 is 0 Å². The smallest absolute Gasteiger partial charge is 0.0939 e. The zero-order valence-corrected chi connectivity index (χ0v) is 12.2. The van der Waals surface area contributed by atoms with Crippen LogP contribution in [0.2, 0.25) is 0 Å². The molecule has 0 aromatic carbocycles. The van der Waals surface area contributed by atoms with E-state index in [0.29, 0.717) is 5.92 Å². The Labute approximate surface area is 112 Å². The van der Waals surface area contributed by atoms with E-state index in [1.165, 1.54) is 51.4 Å². The molecule has 0 aliphatic heterocycles. The van der Waals surface area contributed by atoms with Gasteiger partial charge in [-0.25, -0.2) is 0 Å². The minimum Gasteiger partial charge on any atom is -0.390 e. The minimum atomic E-state index is -0.247. The predicted octanol–water partition coefficient (Wildman–Crippen LogP) is 3.91. The van der Waals surface area contributed by atoms with Gasteiger partial charge >= 0.3 is 0 Å². The SMILES string of the molecule is COC1(C(O)C2CCCC(C)C2)CCCCCC1. The summed E-state index contributed by atoms with van der Waals surface area (Å²) in [6.07, 6.45) is 11.9. The van der Waals surface area contributed by atoms with E-state index in [1.54, 1.807) is 7.11 Å². The molecule has 0 bridgehead atoms. The van der Waals surface area contributed by atoms with E-state index < -0.39 is 0 Å². The summed E-state index contributed by atoms with van der Waals surface area (Å²) in [5.41, 5.74) is -0.238. The van der Waals surface area contributed by atoms with Crippen molar-refractivity contribution < 1.29 is 9.84 Å². The van der Waals surface area contributed by atoms with Crippen molar-refractivity contribution in [1.29, 1.82) is 0 Å². The molecule has 2 fully saturated rings. The third-order valence-electron chi connectivity index (χ3n) is 5.32. The first-order valence-corrected chi connectivity index (χ1v) is 7.91. The average Bonchev–Trinajstić information content (AvgIpc) is 2.64. The third-order valence-corrected chi connectivity index (χ3v) is 5.32. The Morgan fingerprint density at radius 1 is 1.06 bits per heavy atom. The summed E-state index contributed by atoms with van der Waals surface area (Å²) in [7, 11) is 1.81. The topological polar surface area (TPSA) is 29.5 Å². The molecule has 1 N–H and O–H groups in total. The van der Waals surface area contributed by atoms with E-state index in [1.807, 2.05) is 0 Å². The average molecular weight is 254 g/mol. The molecule has 0 aromatic rings. The van der Waals surface area contributed by atoms with Gasteiger partial charge in [-0.2, -0.15) is 0 Å². The Hall–Kier alpha value is -0.0800. The van der Waals surface area contributed by atoms with E-state index in [4.69, 9.17) is 4.74 Å². The van der Waals surface area contributed by atoms with Crippen LogP contribution in [0.3, 0.4) is 0 Å². The molecule has 2 aliphatic rings. The zero-order valence-electron chi connectivity index (χ0n) is 12.2. The summed E-state index contributed by atoms with van der Waals surface area (Å²) < 4.78 is 5.86. The van der Waals surface area contributed by atoms with Crippen molar-refractivity contribution in [2.24, 2.45) is 11.8 Å². The van der Waals surface area contributed by atoms with Gasteiger partial charge in [0.1, 0.15) is 0 Å². The van der Waals surface area contributed by atoms with Gasteiger partial charge in [0.25, 0.3) is 0 Å². The molecular formula is C16H30O2. The van der Waals surface area contributed by atoms with E-state index in [9.17, 15) is 5.11 Å². The van der Waals surface area contributed by atoms with E-state index in [0.717, 1.165) is 18.8 Å². The van der Waals surface area contributed by atoms with Gasteiger partial charge < -0.3 is 9.84 Å². The Bertz CT molecular complexity index is 243. The van der Waals surface area contributed by atoms with Gasteiger partial charge in [-0.3, -0.25) is 0 Å². The lowest BCUT2D eigenvalue weighted by atomic mass is 9.72. The van der Waals surface area contributed by atoms with Crippen LogP contribution in [0.1, 0.15) is 71.1 Å². The molecule has 2 nitrogen and oxygen atoms in total. The molecule has 3 unspecified atom stereocenters. The summed E-state index contributed by atoms with van der Waals surface area (Å²) in [6, 6.07) is 0. The zero-order chi connectivity index (χ0) is 13.0. The number of ether oxygens (including phenoxy) is 1. The van der Waals surface area contributed by atoms with Crippen LogP contribution in [0.4, 0.5) is 0 Å². The summed E-state index contributed by atoms with van der Waals surface area (Å²) in [6.45, 7) is 2.32. The number of methoxy groups -OCH3 is 1. The highest BCUT2D eigenvalue weighted by atomic mass is 16.5. The van der Waals surface area contributed by atoms with Gasteiger partial charge in [-0.1, -0.05) is 45.4 Å². The van der Waals surface area contributed by atoms with Gasteiger partial charge in [-0.05, 0) is 37.5 Å². The van der Waals surface area contributed by atoms with Crippen molar-refractivity contribution >= 4 is 0 Å². The molecule has 2 aliphatic carbocycles. The maximum atomic E-state index is 10.9. The van der Waals surface area contributed by atoms with Crippen LogP contribution in [0, 0.1) is 11.8 Å². The molecule has 0 aromatic heterocycles. The maximum Gasteiger partial charge on any atom is 0.0939 e. The normalized spacial score (nSPS) is 34.8. The highest BCUT2D eigenvalue weighted by Crippen LogP contribution is 2.40. The highest BCUT2D eigenvalue weighted by Gasteiger charge is 2.43. The molecule has 3 atom stereocenters. The second kappa shape index (κ2) is 6.38. The van der Waals surface area contributed by atoms with Gasteiger partial charge in [0, 0.05) is 7.11 Å². The van der Waals surface area contributed by atoms with Gasteiger partial charge in [0.15, 0.2) is 0 Å².